The van der Waals surface area contributed by atoms with E-state index in [1.807, 2.05) is 6.07 Å². The smallest absolute Gasteiger partial charge is 0.380 e. The van der Waals surface area contributed by atoms with Crippen molar-refractivity contribution in [1.29, 1.82) is 0 Å². The fourth-order valence-corrected chi connectivity index (χ4v) is 3.82. The van der Waals surface area contributed by atoms with Crippen LogP contribution >= 0.6 is 43.2 Å². The Morgan fingerprint density at radius 2 is 1.90 bits per heavy atom. The zero-order chi connectivity index (χ0) is 14.9. The number of alkyl halides is 3. The molecule has 1 aromatic heterocycles. The van der Waals surface area contributed by atoms with Gasteiger partial charge >= 0.3 is 6.18 Å². The summed E-state index contributed by atoms with van der Waals surface area (Å²) < 4.78 is 40.3. The maximum Gasteiger partial charge on any atom is 0.416 e. The van der Waals surface area contributed by atoms with Crippen LogP contribution in [0.1, 0.15) is 16.0 Å². The molecule has 7 heteroatoms. The van der Waals surface area contributed by atoms with Gasteiger partial charge in [0.2, 0.25) is 0 Å². The van der Waals surface area contributed by atoms with Gasteiger partial charge in [0, 0.05) is 21.6 Å². The largest absolute Gasteiger partial charge is 0.416 e. The predicted octanol–water partition coefficient (Wildman–Crippen LogP) is 6.21. The van der Waals surface area contributed by atoms with Crippen molar-refractivity contribution in [3.63, 3.8) is 0 Å². The molecule has 2 rings (SSSR count). The van der Waals surface area contributed by atoms with E-state index in [1.165, 1.54) is 24.3 Å². The van der Waals surface area contributed by atoms with E-state index in [9.17, 15) is 13.2 Å². The zero-order valence-electron chi connectivity index (χ0n) is 10.3. The van der Waals surface area contributed by atoms with Crippen LogP contribution in [-0.4, -0.2) is 0 Å². The van der Waals surface area contributed by atoms with Crippen LogP contribution in [0.5, 0.6) is 0 Å². The maximum atomic E-state index is 12.8. The second kappa shape index (κ2) is 6.07. The fourth-order valence-electron chi connectivity index (χ4n) is 1.71. The summed E-state index contributed by atoms with van der Waals surface area (Å²) in [5, 5.41) is 3.01. The van der Waals surface area contributed by atoms with Gasteiger partial charge < -0.3 is 5.32 Å². The van der Waals surface area contributed by atoms with Crippen LogP contribution in [0.15, 0.2) is 32.5 Å². The molecule has 0 bridgehead atoms. The molecule has 0 amide bonds. The van der Waals surface area contributed by atoms with Gasteiger partial charge in [-0.25, -0.2) is 0 Å². The summed E-state index contributed by atoms with van der Waals surface area (Å²) in [6, 6.07) is 6.21. The average Bonchev–Trinajstić information content (AvgIpc) is 2.66. The van der Waals surface area contributed by atoms with Gasteiger partial charge in [0.05, 0.1) is 9.35 Å². The van der Waals surface area contributed by atoms with Crippen molar-refractivity contribution in [3.05, 3.63) is 48.5 Å². The quantitative estimate of drug-likeness (QED) is 0.612. The minimum absolute atomic E-state index is 0.227. The Morgan fingerprint density at radius 1 is 1.20 bits per heavy atom. The Labute approximate surface area is 135 Å². The van der Waals surface area contributed by atoms with Gasteiger partial charge in [-0.2, -0.15) is 13.2 Å². The Morgan fingerprint density at radius 3 is 2.45 bits per heavy atom. The predicted molar refractivity (Wildman–Crippen MR) is 83.2 cm³/mol. The molecule has 1 aromatic carbocycles. The zero-order valence-corrected chi connectivity index (χ0v) is 14.3. The molecule has 1 N–H and O–H groups in total. The molecule has 0 saturated heterocycles. The molecule has 1 heterocycles. The molecular formula is C13H10Br2F3NS. The topological polar surface area (TPSA) is 12.0 Å². The van der Waals surface area contributed by atoms with Crippen LogP contribution in [0, 0.1) is 6.92 Å². The number of halogens is 5. The molecule has 2 aromatic rings. The van der Waals surface area contributed by atoms with E-state index in [2.05, 4.69) is 37.2 Å². The Balaban J connectivity index is 2.14. The molecule has 0 radical (unpaired) electrons. The summed E-state index contributed by atoms with van der Waals surface area (Å²) in [5.74, 6) is 0. The van der Waals surface area contributed by atoms with Crippen molar-refractivity contribution in [2.24, 2.45) is 0 Å². The van der Waals surface area contributed by atoms with Crippen molar-refractivity contribution in [2.45, 2.75) is 19.6 Å². The Bertz CT molecular complexity index is 603. The van der Waals surface area contributed by atoms with Gasteiger partial charge in [-0.05, 0) is 62.5 Å². The maximum absolute atomic E-state index is 12.8. The number of thiophene rings is 1. The first-order valence-electron chi connectivity index (χ1n) is 5.63. The monoisotopic (exact) mass is 427 g/mol. The minimum Gasteiger partial charge on any atom is -0.380 e. The molecule has 108 valence electrons. The minimum atomic E-state index is -4.32. The SMILES string of the molecule is Cc1ccc(NCc2cc(Br)c(Br)s2)cc1C(F)(F)F. The first-order valence-corrected chi connectivity index (χ1v) is 8.03. The van der Waals surface area contributed by atoms with E-state index in [0.29, 0.717) is 12.2 Å². The van der Waals surface area contributed by atoms with E-state index in [0.717, 1.165) is 19.2 Å². The summed E-state index contributed by atoms with van der Waals surface area (Å²) in [7, 11) is 0. The third-order valence-corrected chi connectivity index (χ3v) is 5.96. The molecule has 0 saturated carbocycles. The number of aryl methyl sites for hydroxylation is 1. The van der Waals surface area contributed by atoms with Crippen LogP contribution in [0.25, 0.3) is 0 Å². The highest BCUT2D eigenvalue weighted by atomic mass is 79.9. The summed E-state index contributed by atoms with van der Waals surface area (Å²) >= 11 is 8.29. The van der Waals surface area contributed by atoms with Gasteiger partial charge in [-0.1, -0.05) is 6.07 Å². The second-order valence-electron chi connectivity index (χ2n) is 4.22. The fraction of sp³-hybridized carbons (Fsp3) is 0.231. The van der Waals surface area contributed by atoms with E-state index >= 15 is 0 Å². The van der Waals surface area contributed by atoms with Gasteiger partial charge in [0.1, 0.15) is 0 Å². The van der Waals surface area contributed by atoms with Crippen molar-refractivity contribution < 1.29 is 13.2 Å². The van der Waals surface area contributed by atoms with Gasteiger partial charge in [-0.3, -0.25) is 0 Å². The van der Waals surface area contributed by atoms with Crippen LogP contribution in [0.3, 0.4) is 0 Å². The van der Waals surface area contributed by atoms with E-state index in [1.54, 1.807) is 6.07 Å². The lowest BCUT2D eigenvalue weighted by atomic mass is 10.1. The van der Waals surface area contributed by atoms with Crippen molar-refractivity contribution >= 4 is 48.9 Å². The first-order chi connectivity index (χ1) is 9.27. The third-order valence-electron chi connectivity index (χ3n) is 2.71. The first kappa shape index (κ1) is 15.9. The molecule has 0 aliphatic carbocycles. The second-order valence-corrected chi connectivity index (χ2v) is 7.52. The molecule has 0 aliphatic rings. The lowest BCUT2D eigenvalue weighted by Crippen LogP contribution is -2.08. The standard InChI is InChI=1S/C13H10Br2F3NS/c1-7-2-3-8(4-10(7)13(16,17)18)19-6-9-5-11(14)12(15)20-9/h2-5,19H,6H2,1H3. The van der Waals surface area contributed by atoms with Crippen molar-refractivity contribution in [1.82, 2.24) is 0 Å². The van der Waals surface area contributed by atoms with Gasteiger partial charge in [-0.15, -0.1) is 11.3 Å². The Kier molecular flexibility index (Phi) is 4.81. The van der Waals surface area contributed by atoms with E-state index < -0.39 is 11.7 Å². The highest BCUT2D eigenvalue weighted by molar-refractivity contribution is 9.13. The highest BCUT2D eigenvalue weighted by Crippen LogP contribution is 2.35. The number of hydrogen-bond acceptors (Lipinski definition) is 2. The van der Waals surface area contributed by atoms with Crippen LogP contribution in [0.4, 0.5) is 18.9 Å². The molecule has 20 heavy (non-hydrogen) atoms. The van der Waals surface area contributed by atoms with Gasteiger partial charge in [0.25, 0.3) is 0 Å². The number of anilines is 1. The molecule has 0 fully saturated rings. The molecule has 0 atom stereocenters. The third kappa shape index (κ3) is 3.77. The normalized spacial score (nSPS) is 11.7. The summed E-state index contributed by atoms with van der Waals surface area (Å²) in [5.41, 5.74) is 0.0873. The van der Waals surface area contributed by atoms with Gasteiger partial charge in [0.15, 0.2) is 0 Å². The molecule has 1 nitrogen and oxygen atoms in total. The lowest BCUT2D eigenvalue weighted by Gasteiger charge is -2.13. The Hall–Kier alpha value is -0.530. The summed E-state index contributed by atoms with van der Waals surface area (Å²) in [6.07, 6.45) is -4.32. The molecular weight excluding hydrogens is 419 g/mol. The number of hydrogen-bond donors (Lipinski definition) is 1. The molecule has 0 spiro atoms. The van der Waals surface area contributed by atoms with E-state index in [-0.39, 0.29) is 5.56 Å². The molecule has 0 aliphatic heterocycles. The van der Waals surface area contributed by atoms with Crippen LogP contribution in [-0.2, 0) is 12.7 Å². The summed E-state index contributed by atoms with van der Waals surface area (Å²) in [6.45, 7) is 1.94. The number of rotatable bonds is 3. The average molecular weight is 429 g/mol. The van der Waals surface area contributed by atoms with Crippen LogP contribution < -0.4 is 5.32 Å². The lowest BCUT2D eigenvalue weighted by molar-refractivity contribution is -0.138. The van der Waals surface area contributed by atoms with Crippen LogP contribution in [0.2, 0.25) is 0 Å². The van der Waals surface area contributed by atoms with E-state index in [4.69, 9.17) is 0 Å². The molecule has 0 unspecified atom stereocenters. The summed E-state index contributed by atoms with van der Waals surface area (Å²) in [4.78, 5) is 1.03. The number of nitrogens with one attached hydrogen (secondary N) is 1. The highest BCUT2D eigenvalue weighted by Gasteiger charge is 2.32. The number of benzene rings is 1. The van der Waals surface area contributed by atoms with Crippen molar-refractivity contribution in [3.8, 4) is 0 Å². The van der Waals surface area contributed by atoms with Crippen molar-refractivity contribution in [2.75, 3.05) is 5.32 Å².